The van der Waals surface area contributed by atoms with Gasteiger partial charge in [-0.05, 0) is 26.3 Å². The Morgan fingerprint density at radius 1 is 0.305 bits per heavy atom. The first kappa shape index (κ1) is 46.9. The molecule has 0 fully saturated rings. The fourth-order valence-electron chi connectivity index (χ4n) is 6.85. The summed E-state index contributed by atoms with van der Waals surface area (Å²) in [5.41, 5.74) is -12.8. The molecule has 0 aliphatic heterocycles. The van der Waals surface area contributed by atoms with Crippen molar-refractivity contribution in [3.63, 3.8) is 0 Å². The molecule has 0 spiro atoms. The molecule has 0 N–H and O–H groups in total. The smallest absolute Gasteiger partial charge is 0.200 e. The summed E-state index contributed by atoms with van der Waals surface area (Å²) in [6, 6.07) is 11.0. The first-order valence-corrected chi connectivity index (χ1v) is 19.1. The molecule has 22 heteroatoms. The van der Waals surface area contributed by atoms with Crippen LogP contribution < -0.4 is 21.9 Å². The number of rotatable bonds is 9. The van der Waals surface area contributed by atoms with E-state index in [-0.39, 0.29) is 0 Å². The number of hydrogen-bond acceptors (Lipinski definition) is 0. The van der Waals surface area contributed by atoms with E-state index in [1.165, 1.54) is 30.2 Å². The second-order valence-corrected chi connectivity index (χ2v) is 17.6. The van der Waals surface area contributed by atoms with Crippen molar-refractivity contribution in [2.24, 2.45) is 0 Å². The fourth-order valence-corrected chi connectivity index (χ4v) is 9.85. The van der Waals surface area contributed by atoms with Gasteiger partial charge in [-0.25, -0.2) is 87.8 Å². The van der Waals surface area contributed by atoms with Gasteiger partial charge in [0.1, 0.15) is 52.7 Å². The van der Waals surface area contributed by atoms with Crippen molar-refractivity contribution in [1.29, 1.82) is 0 Å². The van der Waals surface area contributed by atoms with Crippen LogP contribution in [0.4, 0.5) is 87.8 Å². The van der Waals surface area contributed by atoms with Gasteiger partial charge in [0.05, 0.1) is 24.6 Å². The van der Waals surface area contributed by atoms with Gasteiger partial charge < -0.3 is 0 Å². The van der Waals surface area contributed by atoms with Crippen LogP contribution in [0.1, 0.15) is 26.3 Å². The second kappa shape index (κ2) is 17.4. The molecular formula is C37H22BF20P. The highest BCUT2D eigenvalue weighted by Crippen LogP contribution is 2.60. The predicted molar refractivity (Wildman–Crippen MR) is 178 cm³/mol. The molecule has 0 unspecified atom stereocenters. The zero-order valence-corrected chi connectivity index (χ0v) is 30.7. The number of benzene rings is 5. The Kier molecular flexibility index (Phi) is 13.8. The van der Waals surface area contributed by atoms with Crippen LogP contribution in [0, 0.1) is 116 Å². The van der Waals surface area contributed by atoms with Crippen LogP contribution in [-0.2, 0) is 6.16 Å². The van der Waals surface area contributed by atoms with E-state index in [1.807, 2.05) is 0 Å². The van der Waals surface area contributed by atoms with E-state index in [9.17, 15) is 52.7 Å². The minimum absolute atomic E-state index is 0.661. The minimum Gasteiger partial charge on any atom is -0.207 e. The molecule has 0 atom stereocenters. The van der Waals surface area contributed by atoms with Crippen LogP contribution in [0.2, 0.25) is 0 Å². The summed E-state index contributed by atoms with van der Waals surface area (Å²) in [4.78, 5) is 0. The third-order valence-electron chi connectivity index (χ3n) is 10.1. The molecular weight excluding hydrogens is 866 g/mol. The van der Waals surface area contributed by atoms with Gasteiger partial charge in [-0.1, -0.05) is 30.3 Å². The van der Waals surface area contributed by atoms with Crippen LogP contribution in [0.15, 0.2) is 30.3 Å². The van der Waals surface area contributed by atoms with Gasteiger partial charge in [0.25, 0.3) is 0 Å². The van der Waals surface area contributed by atoms with Crippen LogP contribution in [0.25, 0.3) is 0 Å². The lowest BCUT2D eigenvalue weighted by Crippen LogP contribution is -2.81. The Labute approximate surface area is 320 Å². The van der Waals surface area contributed by atoms with Crippen molar-refractivity contribution in [2.75, 3.05) is 18.5 Å². The minimum atomic E-state index is -7.22. The Bertz CT molecular complexity index is 2040. The standard InChI is InChI=1S/C24BF20.C13H22P/c26-5-1(6(27)14(35)21(42)13(5)34)25(2-7(28)15(36)22(43)16(37)8(2)29,3-9(30)17(38)23(44)18(39)10(3)31)4-11(32)19(40)24(45)20(41)12(4)33;1-4-14(5-2,6-3)12-13-10-8-7-9-11-13/h;7-11H,4-6,12H2,1-3H3/q-1;+1. The van der Waals surface area contributed by atoms with Gasteiger partial charge in [-0.15, -0.1) is 21.9 Å². The first-order valence-electron chi connectivity index (χ1n) is 16.6. The normalized spacial score (nSPS) is 11.9. The highest BCUT2D eigenvalue weighted by molar-refractivity contribution is 7.75. The van der Waals surface area contributed by atoms with Crippen LogP contribution in [0.3, 0.4) is 0 Å². The van der Waals surface area contributed by atoms with Gasteiger partial charge in [-0.2, -0.15) is 0 Å². The van der Waals surface area contributed by atoms with E-state index in [4.69, 9.17) is 0 Å². The first-order chi connectivity index (χ1) is 27.5. The average Bonchev–Trinajstić information content (AvgIpc) is 3.23. The monoisotopic (exact) mass is 888 g/mol. The molecule has 0 aliphatic rings. The van der Waals surface area contributed by atoms with Crippen molar-refractivity contribution in [1.82, 2.24) is 0 Å². The van der Waals surface area contributed by atoms with E-state index >= 15 is 35.1 Å². The number of hydrogen-bond donors (Lipinski definition) is 0. The molecule has 0 amide bonds. The van der Waals surface area contributed by atoms with E-state index in [2.05, 4.69) is 51.1 Å². The van der Waals surface area contributed by atoms with Crippen LogP contribution in [-0.4, -0.2) is 24.6 Å². The lowest BCUT2D eigenvalue weighted by atomic mass is 9.12. The molecule has 0 nitrogen and oxygen atoms in total. The Balaban J connectivity index is 0.000000464. The molecule has 5 aromatic rings. The molecule has 0 aliphatic carbocycles. The molecule has 5 aromatic carbocycles. The van der Waals surface area contributed by atoms with Gasteiger partial charge >= 0.3 is 0 Å². The quantitative estimate of drug-likeness (QED) is 0.0455. The maximum absolute atomic E-state index is 15.4. The Morgan fingerprint density at radius 3 is 0.678 bits per heavy atom. The third kappa shape index (κ3) is 7.41. The van der Waals surface area contributed by atoms with Crippen LogP contribution >= 0.6 is 7.26 Å². The zero-order chi connectivity index (χ0) is 44.8. The van der Waals surface area contributed by atoms with Gasteiger partial charge in [0.15, 0.2) is 69.8 Å². The molecule has 59 heavy (non-hydrogen) atoms. The summed E-state index contributed by atoms with van der Waals surface area (Å²) in [7, 11) is -0.661. The van der Waals surface area contributed by atoms with Crippen molar-refractivity contribution in [3.8, 4) is 0 Å². The second-order valence-electron chi connectivity index (χ2n) is 12.7. The SMILES string of the molecule is CC[P+](CC)(CC)Cc1ccccc1.Fc1c(F)c(F)c([B-](c2c(F)c(F)c(F)c(F)c2F)(c2c(F)c(F)c(F)c(F)c2F)c2c(F)c(F)c(F)c(F)c2F)c(F)c1F. The van der Waals surface area contributed by atoms with Gasteiger partial charge in [-0.3, -0.25) is 0 Å². The molecule has 0 bridgehead atoms. The highest BCUT2D eigenvalue weighted by Gasteiger charge is 2.52. The highest BCUT2D eigenvalue weighted by atomic mass is 31.2. The summed E-state index contributed by atoms with van der Waals surface area (Å²) in [6.07, 6.45) is -1.68. The lowest BCUT2D eigenvalue weighted by molar-refractivity contribution is 0.378. The van der Waals surface area contributed by atoms with Gasteiger partial charge in [0, 0.05) is 7.26 Å². The molecule has 0 radical (unpaired) electrons. The Morgan fingerprint density at radius 2 is 0.492 bits per heavy atom. The van der Waals surface area contributed by atoms with Crippen molar-refractivity contribution in [3.05, 3.63) is 152 Å². The molecule has 0 saturated heterocycles. The summed E-state index contributed by atoms with van der Waals surface area (Å²) in [5.74, 6) is -71.4. The Hall–Kier alpha value is -4.81. The van der Waals surface area contributed by atoms with Crippen molar-refractivity contribution < 1.29 is 87.8 Å². The average molecular weight is 888 g/mol. The topological polar surface area (TPSA) is 0 Å². The van der Waals surface area contributed by atoms with Crippen molar-refractivity contribution in [2.45, 2.75) is 26.9 Å². The van der Waals surface area contributed by atoms with E-state index in [0.29, 0.717) is 0 Å². The van der Waals surface area contributed by atoms with E-state index < -0.39 is 152 Å². The van der Waals surface area contributed by atoms with E-state index in [1.54, 1.807) is 0 Å². The molecule has 0 heterocycles. The van der Waals surface area contributed by atoms with Gasteiger partial charge in [0.2, 0.25) is 0 Å². The largest absolute Gasteiger partial charge is 0.207 e. The third-order valence-corrected chi connectivity index (χ3v) is 15.1. The zero-order valence-electron chi connectivity index (χ0n) is 29.8. The number of halogens is 20. The van der Waals surface area contributed by atoms with Crippen molar-refractivity contribution >= 4 is 35.3 Å². The molecule has 0 aromatic heterocycles. The van der Waals surface area contributed by atoms with Crippen LogP contribution in [0.5, 0.6) is 0 Å². The maximum Gasteiger partial charge on any atom is 0.200 e. The summed E-state index contributed by atoms with van der Waals surface area (Å²) in [5, 5.41) is 0. The lowest BCUT2D eigenvalue weighted by Gasteiger charge is -2.44. The predicted octanol–water partition coefficient (Wildman–Crippen LogP) is 10.1. The molecule has 318 valence electrons. The molecule has 0 saturated carbocycles. The van der Waals surface area contributed by atoms with E-state index in [0.717, 1.165) is 0 Å². The fraction of sp³-hybridized carbons (Fsp3) is 0.189. The maximum atomic E-state index is 15.4. The summed E-state index contributed by atoms with van der Waals surface area (Å²) < 4.78 is 294. The summed E-state index contributed by atoms with van der Waals surface area (Å²) >= 11 is 0. The molecule has 5 rings (SSSR count). The summed E-state index contributed by atoms with van der Waals surface area (Å²) in [6.45, 7) is 7.09.